The number of rotatable bonds is 8. The zero-order valence-electron chi connectivity index (χ0n) is 16.5. The van der Waals surface area contributed by atoms with Crippen molar-refractivity contribution in [1.82, 2.24) is 10.5 Å². The van der Waals surface area contributed by atoms with E-state index >= 15 is 0 Å². The fourth-order valence-corrected chi connectivity index (χ4v) is 3.88. The second kappa shape index (κ2) is 9.94. The number of aromatic nitrogens is 1. The monoisotopic (exact) mass is 414 g/mol. The summed E-state index contributed by atoms with van der Waals surface area (Å²) in [5, 5.41) is 6.97. The molecule has 1 aromatic heterocycles. The van der Waals surface area contributed by atoms with Gasteiger partial charge in [0, 0.05) is 17.4 Å². The number of carbonyl (C=O) groups is 1. The van der Waals surface area contributed by atoms with Gasteiger partial charge < -0.3 is 9.84 Å². The van der Waals surface area contributed by atoms with Crippen molar-refractivity contribution in [2.75, 3.05) is 5.75 Å². The molecule has 4 nitrogen and oxygen atoms in total. The average Bonchev–Trinajstić information content (AvgIpc) is 3.28. The Hall–Kier alpha value is -3.31. The quantitative estimate of drug-likeness (QED) is 0.410. The van der Waals surface area contributed by atoms with Crippen LogP contribution in [0, 0.1) is 0 Å². The van der Waals surface area contributed by atoms with Gasteiger partial charge in [0.05, 0.1) is 12.3 Å². The Balaban J connectivity index is 1.27. The van der Waals surface area contributed by atoms with Gasteiger partial charge in [-0.1, -0.05) is 90.1 Å². The summed E-state index contributed by atoms with van der Waals surface area (Å²) in [5.41, 5.74) is 5.21. The molecule has 30 heavy (non-hydrogen) atoms. The number of amides is 1. The molecule has 0 spiro atoms. The summed E-state index contributed by atoms with van der Waals surface area (Å²) >= 11 is 1.60. The Morgan fingerprint density at radius 2 is 1.47 bits per heavy atom. The zero-order chi connectivity index (χ0) is 20.6. The largest absolute Gasteiger partial charge is 0.356 e. The van der Waals surface area contributed by atoms with Crippen LogP contribution in [0.5, 0.6) is 0 Å². The molecule has 0 atom stereocenters. The zero-order valence-corrected chi connectivity index (χ0v) is 17.3. The minimum Gasteiger partial charge on any atom is -0.356 e. The van der Waals surface area contributed by atoms with E-state index in [1.165, 1.54) is 11.1 Å². The Kier molecular flexibility index (Phi) is 6.62. The predicted molar refractivity (Wildman–Crippen MR) is 122 cm³/mol. The van der Waals surface area contributed by atoms with E-state index < -0.39 is 0 Å². The Morgan fingerprint density at radius 1 is 0.833 bits per heavy atom. The van der Waals surface area contributed by atoms with E-state index in [0.717, 1.165) is 16.9 Å². The molecule has 3 aromatic carbocycles. The van der Waals surface area contributed by atoms with E-state index in [0.29, 0.717) is 23.8 Å². The first-order valence-corrected chi connectivity index (χ1v) is 10.9. The van der Waals surface area contributed by atoms with Crippen molar-refractivity contribution in [3.63, 3.8) is 0 Å². The van der Waals surface area contributed by atoms with Crippen LogP contribution in [0.2, 0.25) is 0 Å². The Bertz CT molecular complexity index is 1080. The average molecular weight is 415 g/mol. The number of benzene rings is 3. The van der Waals surface area contributed by atoms with Crippen LogP contribution in [0.25, 0.3) is 22.5 Å². The van der Waals surface area contributed by atoms with E-state index in [1.807, 2.05) is 54.6 Å². The molecule has 0 aliphatic heterocycles. The van der Waals surface area contributed by atoms with E-state index in [9.17, 15) is 4.79 Å². The van der Waals surface area contributed by atoms with Gasteiger partial charge in [-0.05, 0) is 16.7 Å². The van der Waals surface area contributed by atoms with E-state index in [-0.39, 0.29) is 5.91 Å². The molecule has 150 valence electrons. The molecule has 0 unspecified atom stereocenters. The lowest BCUT2D eigenvalue weighted by Crippen LogP contribution is -2.24. The number of nitrogens with one attached hydrogen (secondary N) is 1. The Morgan fingerprint density at radius 3 is 2.20 bits per heavy atom. The minimum atomic E-state index is -0.00676. The second-order valence-corrected chi connectivity index (χ2v) is 7.87. The standard InChI is InChI=1S/C25H22N2O2S/c28-25(18-30-17-19-7-3-1-4-8-19)26-16-23-15-24(29-27-23)22-13-11-21(12-14-22)20-9-5-2-6-10-20/h1-15H,16-18H2,(H,26,28). The van der Waals surface area contributed by atoms with Crippen LogP contribution in [0.15, 0.2) is 95.5 Å². The third kappa shape index (κ3) is 5.39. The highest BCUT2D eigenvalue weighted by atomic mass is 32.2. The van der Waals surface area contributed by atoms with Gasteiger partial charge in [0.2, 0.25) is 5.91 Å². The van der Waals surface area contributed by atoms with Gasteiger partial charge in [-0.2, -0.15) is 0 Å². The van der Waals surface area contributed by atoms with Gasteiger partial charge in [-0.3, -0.25) is 4.79 Å². The molecule has 0 saturated heterocycles. The van der Waals surface area contributed by atoms with Gasteiger partial charge in [-0.15, -0.1) is 11.8 Å². The molecule has 0 fully saturated rings. The van der Waals surface area contributed by atoms with Crippen LogP contribution in [-0.4, -0.2) is 16.8 Å². The van der Waals surface area contributed by atoms with Gasteiger partial charge in [-0.25, -0.2) is 0 Å². The van der Waals surface area contributed by atoms with Crippen LogP contribution in [-0.2, 0) is 17.1 Å². The van der Waals surface area contributed by atoms with Crippen molar-refractivity contribution in [2.24, 2.45) is 0 Å². The highest BCUT2D eigenvalue weighted by molar-refractivity contribution is 7.99. The van der Waals surface area contributed by atoms with Crippen molar-refractivity contribution in [3.05, 3.63) is 102 Å². The van der Waals surface area contributed by atoms with Crippen LogP contribution in [0.3, 0.4) is 0 Å². The maximum absolute atomic E-state index is 12.1. The molecule has 1 N–H and O–H groups in total. The summed E-state index contributed by atoms with van der Waals surface area (Å²) in [6, 6.07) is 30.4. The topological polar surface area (TPSA) is 55.1 Å². The molecule has 0 radical (unpaired) electrons. The molecule has 4 aromatic rings. The number of thioether (sulfide) groups is 1. The SMILES string of the molecule is O=C(CSCc1ccccc1)NCc1cc(-c2ccc(-c3ccccc3)cc2)on1. The van der Waals surface area contributed by atoms with Crippen molar-refractivity contribution in [1.29, 1.82) is 0 Å². The molecule has 4 rings (SSSR count). The summed E-state index contributed by atoms with van der Waals surface area (Å²) in [7, 11) is 0. The van der Waals surface area contributed by atoms with Gasteiger partial charge in [0.15, 0.2) is 5.76 Å². The minimum absolute atomic E-state index is 0.00676. The van der Waals surface area contributed by atoms with Gasteiger partial charge >= 0.3 is 0 Å². The first-order valence-electron chi connectivity index (χ1n) is 9.78. The van der Waals surface area contributed by atoms with Crippen LogP contribution in [0.1, 0.15) is 11.3 Å². The van der Waals surface area contributed by atoms with Gasteiger partial charge in [0.1, 0.15) is 5.69 Å². The van der Waals surface area contributed by atoms with Crippen molar-refractivity contribution in [3.8, 4) is 22.5 Å². The van der Waals surface area contributed by atoms with Crippen LogP contribution in [0.4, 0.5) is 0 Å². The molecular formula is C25H22N2O2S. The molecule has 1 heterocycles. The third-order valence-electron chi connectivity index (χ3n) is 4.65. The number of hydrogen-bond donors (Lipinski definition) is 1. The summed E-state index contributed by atoms with van der Waals surface area (Å²) < 4.78 is 5.46. The smallest absolute Gasteiger partial charge is 0.230 e. The fraction of sp³-hybridized carbons (Fsp3) is 0.120. The van der Waals surface area contributed by atoms with Gasteiger partial charge in [0.25, 0.3) is 0 Å². The van der Waals surface area contributed by atoms with Crippen molar-refractivity contribution >= 4 is 17.7 Å². The summed E-state index contributed by atoms with van der Waals surface area (Å²) in [5.74, 6) is 1.92. The van der Waals surface area contributed by atoms with Crippen LogP contribution >= 0.6 is 11.8 Å². The fourth-order valence-electron chi connectivity index (χ4n) is 3.06. The molecule has 0 saturated carbocycles. The number of hydrogen-bond acceptors (Lipinski definition) is 4. The normalized spacial score (nSPS) is 10.7. The third-order valence-corrected chi connectivity index (χ3v) is 5.65. The van der Waals surface area contributed by atoms with E-state index in [1.54, 1.807) is 11.8 Å². The highest BCUT2D eigenvalue weighted by Crippen LogP contribution is 2.25. The van der Waals surface area contributed by atoms with E-state index in [2.05, 4.69) is 46.9 Å². The van der Waals surface area contributed by atoms with Crippen molar-refractivity contribution < 1.29 is 9.32 Å². The van der Waals surface area contributed by atoms with Crippen molar-refractivity contribution in [2.45, 2.75) is 12.3 Å². The van der Waals surface area contributed by atoms with Crippen LogP contribution < -0.4 is 5.32 Å². The lowest BCUT2D eigenvalue weighted by molar-refractivity contribution is -0.118. The molecule has 5 heteroatoms. The number of nitrogens with zero attached hydrogens (tertiary/aromatic N) is 1. The first kappa shape index (κ1) is 20.0. The lowest BCUT2D eigenvalue weighted by atomic mass is 10.0. The molecule has 0 aliphatic rings. The second-order valence-electron chi connectivity index (χ2n) is 6.88. The maximum atomic E-state index is 12.1. The summed E-state index contributed by atoms with van der Waals surface area (Å²) in [6.45, 7) is 0.357. The summed E-state index contributed by atoms with van der Waals surface area (Å²) in [6.07, 6.45) is 0. The molecule has 1 amide bonds. The lowest BCUT2D eigenvalue weighted by Gasteiger charge is -2.03. The molecule has 0 bridgehead atoms. The Labute approximate surface area is 180 Å². The predicted octanol–water partition coefficient (Wildman–Crippen LogP) is 5.56. The molecule has 0 aliphatic carbocycles. The maximum Gasteiger partial charge on any atom is 0.230 e. The van der Waals surface area contributed by atoms with E-state index in [4.69, 9.17) is 4.52 Å². The first-order chi connectivity index (χ1) is 14.8. The summed E-state index contributed by atoms with van der Waals surface area (Å²) in [4.78, 5) is 12.1. The number of carbonyl (C=O) groups excluding carboxylic acids is 1. The highest BCUT2D eigenvalue weighted by Gasteiger charge is 2.09. The molecular weight excluding hydrogens is 392 g/mol.